The molecule has 0 spiro atoms. The summed E-state index contributed by atoms with van der Waals surface area (Å²) in [5.41, 5.74) is 0. The SMILES string of the molecule is CCCCCCCC(CO)CC(C)C. The zero-order valence-electron chi connectivity index (χ0n) is 10.3. The number of aliphatic hydroxyl groups is 1. The van der Waals surface area contributed by atoms with Crippen molar-refractivity contribution in [3.05, 3.63) is 0 Å². The minimum atomic E-state index is 0.381. The van der Waals surface area contributed by atoms with Gasteiger partial charge in [0.1, 0.15) is 0 Å². The molecule has 86 valence electrons. The normalized spacial score (nSPS) is 13.5. The Hall–Kier alpha value is -0.0400. The number of hydrogen-bond donors (Lipinski definition) is 1. The second-order valence-corrected chi connectivity index (χ2v) is 4.88. The van der Waals surface area contributed by atoms with Gasteiger partial charge in [-0.2, -0.15) is 0 Å². The van der Waals surface area contributed by atoms with Crippen molar-refractivity contribution in [1.82, 2.24) is 0 Å². The van der Waals surface area contributed by atoms with Crippen molar-refractivity contribution in [3.8, 4) is 0 Å². The van der Waals surface area contributed by atoms with Gasteiger partial charge in [-0.25, -0.2) is 0 Å². The molecule has 0 bridgehead atoms. The molecule has 0 aliphatic heterocycles. The Morgan fingerprint density at radius 3 is 2.14 bits per heavy atom. The molecule has 0 aromatic heterocycles. The molecule has 0 saturated carbocycles. The third-order valence-corrected chi connectivity index (χ3v) is 2.78. The highest BCUT2D eigenvalue weighted by molar-refractivity contribution is 4.60. The van der Waals surface area contributed by atoms with Crippen LogP contribution >= 0.6 is 0 Å². The lowest BCUT2D eigenvalue weighted by atomic mass is 9.92. The maximum Gasteiger partial charge on any atom is 0.0459 e. The molecule has 0 aliphatic carbocycles. The standard InChI is InChI=1S/C13H28O/c1-4-5-6-7-8-9-13(11-14)10-12(2)3/h12-14H,4-11H2,1-3H3. The molecule has 0 saturated heterocycles. The molecule has 1 atom stereocenters. The summed E-state index contributed by atoms with van der Waals surface area (Å²) in [6, 6.07) is 0. The molecule has 1 unspecified atom stereocenters. The first kappa shape index (κ1) is 14.0. The molecular formula is C13H28O. The summed E-state index contributed by atoms with van der Waals surface area (Å²) in [5.74, 6) is 1.28. The molecule has 0 rings (SSSR count). The minimum absolute atomic E-state index is 0.381. The minimum Gasteiger partial charge on any atom is -0.396 e. The Kier molecular flexibility index (Phi) is 9.49. The second kappa shape index (κ2) is 9.51. The highest BCUT2D eigenvalue weighted by atomic mass is 16.3. The Labute approximate surface area is 89.9 Å². The Bertz CT molecular complexity index is 110. The van der Waals surface area contributed by atoms with E-state index >= 15 is 0 Å². The predicted molar refractivity (Wildman–Crippen MR) is 63.4 cm³/mol. The van der Waals surface area contributed by atoms with Gasteiger partial charge >= 0.3 is 0 Å². The van der Waals surface area contributed by atoms with Gasteiger partial charge in [0.2, 0.25) is 0 Å². The monoisotopic (exact) mass is 200 g/mol. The molecular weight excluding hydrogens is 172 g/mol. The molecule has 0 aromatic rings. The predicted octanol–water partition coefficient (Wildman–Crippen LogP) is 4.00. The van der Waals surface area contributed by atoms with Crippen LogP contribution < -0.4 is 0 Å². The number of hydrogen-bond acceptors (Lipinski definition) is 1. The van der Waals surface area contributed by atoms with Gasteiger partial charge in [-0.3, -0.25) is 0 Å². The van der Waals surface area contributed by atoms with Crippen molar-refractivity contribution >= 4 is 0 Å². The molecule has 0 radical (unpaired) electrons. The number of aliphatic hydroxyl groups excluding tert-OH is 1. The highest BCUT2D eigenvalue weighted by Crippen LogP contribution is 2.18. The van der Waals surface area contributed by atoms with E-state index in [1.165, 1.54) is 44.9 Å². The van der Waals surface area contributed by atoms with Crippen molar-refractivity contribution < 1.29 is 5.11 Å². The fraction of sp³-hybridized carbons (Fsp3) is 1.00. The number of unbranched alkanes of at least 4 members (excludes halogenated alkanes) is 4. The summed E-state index contributed by atoms with van der Waals surface area (Å²) >= 11 is 0. The zero-order valence-corrected chi connectivity index (χ0v) is 10.3. The largest absolute Gasteiger partial charge is 0.396 e. The second-order valence-electron chi connectivity index (χ2n) is 4.88. The molecule has 1 N–H and O–H groups in total. The van der Waals surface area contributed by atoms with Crippen molar-refractivity contribution in [1.29, 1.82) is 0 Å². The van der Waals surface area contributed by atoms with Gasteiger partial charge in [0.15, 0.2) is 0 Å². The molecule has 1 nitrogen and oxygen atoms in total. The van der Waals surface area contributed by atoms with Gasteiger partial charge in [0, 0.05) is 6.61 Å². The van der Waals surface area contributed by atoms with Gasteiger partial charge in [-0.15, -0.1) is 0 Å². The van der Waals surface area contributed by atoms with Crippen LogP contribution in [-0.2, 0) is 0 Å². The van der Waals surface area contributed by atoms with E-state index in [0.29, 0.717) is 12.5 Å². The van der Waals surface area contributed by atoms with Crippen LogP contribution in [-0.4, -0.2) is 11.7 Å². The van der Waals surface area contributed by atoms with Gasteiger partial charge in [-0.05, 0) is 24.7 Å². The van der Waals surface area contributed by atoms with E-state index in [1.54, 1.807) is 0 Å². The lowest BCUT2D eigenvalue weighted by molar-refractivity contribution is 0.195. The van der Waals surface area contributed by atoms with Crippen LogP contribution in [0.4, 0.5) is 0 Å². The summed E-state index contributed by atoms with van der Waals surface area (Å²) in [7, 11) is 0. The first-order valence-corrected chi connectivity index (χ1v) is 6.31. The van der Waals surface area contributed by atoms with E-state index < -0.39 is 0 Å². The maximum atomic E-state index is 9.18. The molecule has 14 heavy (non-hydrogen) atoms. The lowest BCUT2D eigenvalue weighted by Gasteiger charge is -2.15. The first-order chi connectivity index (χ1) is 6.70. The first-order valence-electron chi connectivity index (χ1n) is 6.31. The van der Waals surface area contributed by atoms with Gasteiger partial charge in [0.25, 0.3) is 0 Å². The van der Waals surface area contributed by atoms with Crippen molar-refractivity contribution in [3.63, 3.8) is 0 Å². The molecule has 0 amide bonds. The fourth-order valence-corrected chi connectivity index (χ4v) is 1.99. The summed E-state index contributed by atoms with van der Waals surface area (Å²) < 4.78 is 0. The lowest BCUT2D eigenvalue weighted by Crippen LogP contribution is -2.09. The fourth-order valence-electron chi connectivity index (χ4n) is 1.99. The third kappa shape index (κ3) is 8.55. The molecule has 0 aliphatic rings. The van der Waals surface area contributed by atoms with E-state index in [-0.39, 0.29) is 0 Å². The molecule has 0 aromatic carbocycles. The van der Waals surface area contributed by atoms with Crippen LogP contribution in [0.3, 0.4) is 0 Å². The van der Waals surface area contributed by atoms with E-state index in [4.69, 9.17) is 0 Å². The quantitative estimate of drug-likeness (QED) is 0.558. The van der Waals surface area contributed by atoms with E-state index in [0.717, 1.165) is 5.92 Å². The Balaban J connectivity index is 3.33. The third-order valence-electron chi connectivity index (χ3n) is 2.78. The molecule has 0 fully saturated rings. The Morgan fingerprint density at radius 2 is 1.64 bits per heavy atom. The average molecular weight is 200 g/mol. The van der Waals surface area contributed by atoms with E-state index in [9.17, 15) is 5.11 Å². The van der Waals surface area contributed by atoms with Crippen LogP contribution in [0.1, 0.15) is 65.7 Å². The molecule has 0 heterocycles. The van der Waals surface area contributed by atoms with Crippen LogP contribution in [0.25, 0.3) is 0 Å². The van der Waals surface area contributed by atoms with Crippen LogP contribution in [0.15, 0.2) is 0 Å². The van der Waals surface area contributed by atoms with Crippen LogP contribution in [0.2, 0.25) is 0 Å². The summed E-state index contributed by atoms with van der Waals surface area (Å²) in [5, 5.41) is 9.18. The zero-order chi connectivity index (χ0) is 10.8. The summed E-state index contributed by atoms with van der Waals surface area (Å²) in [6.45, 7) is 7.10. The van der Waals surface area contributed by atoms with Crippen LogP contribution in [0.5, 0.6) is 0 Å². The van der Waals surface area contributed by atoms with Gasteiger partial charge in [0.05, 0.1) is 0 Å². The molecule has 1 heteroatoms. The summed E-state index contributed by atoms with van der Waals surface area (Å²) in [6.07, 6.45) is 9.11. The Morgan fingerprint density at radius 1 is 1.00 bits per heavy atom. The van der Waals surface area contributed by atoms with Gasteiger partial charge in [-0.1, -0.05) is 52.9 Å². The maximum absolute atomic E-state index is 9.18. The smallest absolute Gasteiger partial charge is 0.0459 e. The highest BCUT2D eigenvalue weighted by Gasteiger charge is 2.08. The van der Waals surface area contributed by atoms with Crippen LogP contribution in [0, 0.1) is 11.8 Å². The average Bonchev–Trinajstić information content (AvgIpc) is 2.15. The van der Waals surface area contributed by atoms with Gasteiger partial charge < -0.3 is 5.11 Å². The summed E-state index contributed by atoms with van der Waals surface area (Å²) in [4.78, 5) is 0. The van der Waals surface area contributed by atoms with E-state index in [2.05, 4.69) is 20.8 Å². The van der Waals surface area contributed by atoms with Crippen molar-refractivity contribution in [2.45, 2.75) is 65.7 Å². The number of rotatable bonds is 9. The van der Waals surface area contributed by atoms with Crippen molar-refractivity contribution in [2.24, 2.45) is 11.8 Å². The van der Waals surface area contributed by atoms with Crippen molar-refractivity contribution in [2.75, 3.05) is 6.61 Å². The van der Waals surface area contributed by atoms with E-state index in [1.807, 2.05) is 0 Å². The topological polar surface area (TPSA) is 20.2 Å².